The molecule has 0 aliphatic rings. The molecule has 0 fully saturated rings. The summed E-state index contributed by atoms with van der Waals surface area (Å²) in [6.07, 6.45) is 0. The van der Waals surface area contributed by atoms with Crippen LogP contribution in [0.2, 0.25) is 0 Å². The Labute approximate surface area is 66.0 Å². The molecule has 0 aromatic heterocycles. The van der Waals surface area contributed by atoms with Gasteiger partial charge in [-0.3, -0.25) is 0 Å². The molecule has 0 saturated heterocycles. The van der Waals surface area contributed by atoms with Crippen molar-refractivity contribution in [2.45, 2.75) is 0 Å². The van der Waals surface area contributed by atoms with Gasteiger partial charge in [0, 0.05) is 0 Å². The van der Waals surface area contributed by atoms with Crippen LogP contribution in [0, 0.1) is 0 Å². The van der Waals surface area contributed by atoms with Gasteiger partial charge in [-0.25, -0.2) is 8.78 Å². The van der Waals surface area contributed by atoms with E-state index in [1.165, 1.54) is 0 Å². The van der Waals surface area contributed by atoms with Crippen LogP contribution >= 0.6 is 0 Å². The Hall–Kier alpha value is 1.50. The van der Waals surface area contributed by atoms with E-state index in [-0.39, 0.29) is 51.4 Å². The maximum atomic E-state index is 9.62. The Balaban J connectivity index is 0. The van der Waals surface area contributed by atoms with Crippen molar-refractivity contribution in [3.05, 3.63) is 0 Å². The second kappa shape index (κ2) is 8.82. The van der Waals surface area contributed by atoms with Crippen LogP contribution in [0.1, 0.15) is 0 Å². The van der Waals surface area contributed by atoms with E-state index in [0.717, 1.165) is 0 Å². The fourth-order valence-corrected chi connectivity index (χ4v) is 0. The summed E-state index contributed by atoms with van der Waals surface area (Å²) < 4.78 is 19.2. The number of rotatable bonds is 0. The molecule has 0 nitrogen and oxygen atoms in total. The molecule has 0 N–H and O–H groups in total. The molecule has 0 saturated carbocycles. The summed E-state index contributed by atoms with van der Waals surface area (Å²) in [5.41, 5.74) is 0. The fourth-order valence-electron chi connectivity index (χ4n) is 0. The number of hydrogen-bond acceptors (Lipinski definition) is 0. The number of hydrogen-bond donors (Lipinski definition) is 0. The van der Waals surface area contributed by atoms with Gasteiger partial charge in [0.25, 0.3) is 0 Å². The first-order valence-corrected chi connectivity index (χ1v) is 0.535. The van der Waals surface area contributed by atoms with Crippen LogP contribution in [0.15, 0.2) is 0 Å². The quantitative estimate of drug-likeness (QED) is 0.375. The maximum absolute atomic E-state index is 9.62. The number of halogens is 2. The minimum atomic E-state index is -1.75. The summed E-state index contributed by atoms with van der Waals surface area (Å²) in [5, 5.41) is 0. The van der Waals surface area contributed by atoms with Crippen LogP contribution in [0.3, 0.4) is 0 Å². The van der Waals surface area contributed by atoms with Crippen molar-refractivity contribution in [2.75, 3.05) is 6.93 Å². The van der Waals surface area contributed by atoms with Crippen molar-refractivity contribution >= 4 is 51.4 Å². The van der Waals surface area contributed by atoms with Gasteiger partial charge in [-0.1, -0.05) is 0 Å². The molecule has 0 atom stereocenters. The minimum absolute atomic E-state index is 0. The molecule has 0 radical (unpaired) electrons. The van der Waals surface area contributed by atoms with Gasteiger partial charge >= 0.3 is 51.4 Å². The van der Waals surface area contributed by atoms with Crippen LogP contribution in [-0.2, 0) is 0 Å². The summed E-state index contributed by atoms with van der Waals surface area (Å²) >= 11 is 0. The van der Waals surface area contributed by atoms with Crippen LogP contribution in [0.5, 0.6) is 0 Å². The molecule has 0 bridgehead atoms. The molecular formula is CH3F2K. The molecule has 0 aromatic carbocycles. The monoisotopic (exact) mass is 92.0 g/mol. The second-order valence-corrected chi connectivity index (χ2v) is 0.101. The van der Waals surface area contributed by atoms with Crippen LogP contribution in [0.4, 0.5) is 8.78 Å². The zero-order chi connectivity index (χ0) is 2.71. The van der Waals surface area contributed by atoms with E-state index in [0.29, 0.717) is 0 Å². The van der Waals surface area contributed by atoms with Crippen molar-refractivity contribution in [3.63, 3.8) is 0 Å². The number of alkyl halides is 2. The van der Waals surface area contributed by atoms with Crippen molar-refractivity contribution in [3.8, 4) is 0 Å². The third kappa shape index (κ3) is 9.73. The molecule has 0 aliphatic heterocycles. The van der Waals surface area contributed by atoms with Crippen molar-refractivity contribution < 1.29 is 8.78 Å². The van der Waals surface area contributed by atoms with E-state index in [2.05, 4.69) is 0 Å². The van der Waals surface area contributed by atoms with Crippen LogP contribution in [0.25, 0.3) is 0 Å². The zero-order valence-electron chi connectivity index (χ0n) is 1.46. The molecule has 0 aliphatic carbocycles. The predicted molar refractivity (Wildman–Crippen MR) is 14.2 cm³/mol. The summed E-state index contributed by atoms with van der Waals surface area (Å²) in [5.74, 6) is 0. The van der Waals surface area contributed by atoms with Gasteiger partial charge in [0.1, 0.15) is 0 Å². The van der Waals surface area contributed by atoms with Crippen molar-refractivity contribution in [1.29, 1.82) is 0 Å². The van der Waals surface area contributed by atoms with Crippen LogP contribution in [-0.4, -0.2) is 58.3 Å². The third-order valence-corrected chi connectivity index (χ3v) is 0. The van der Waals surface area contributed by atoms with E-state index in [4.69, 9.17) is 0 Å². The molecule has 4 heavy (non-hydrogen) atoms. The third-order valence-electron chi connectivity index (χ3n) is 0. The van der Waals surface area contributed by atoms with E-state index < -0.39 is 6.93 Å². The second-order valence-electron chi connectivity index (χ2n) is 0.101. The van der Waals surface area contributed by atoms with Gasteiger partial charge in [-0.15, -0.1) is 0 Å². The molecule has 0 rings (SSSR count). The molecule has 22 valence electrons. The van der Waals surface area contributed by atoms with E-state index >= 15 is 0 Å². The molecule has 0 aromatic rings. The average molecular weight is 92.1 g/mol. The Bertz CT molecular complexity index is 6.00. The van der Waals surface area contributed by atoms with E-state index in [9.17, 15) is 8.78 Å². The first-order valence-electron chi connectivity index (χ1n) is 0.535. The predicted octanol–water partition coefficient (Wildman–Crippen LogP) is 0.234. The van der Waals surface area contributed by atoms with Gasteiger partial charge in [-0.2, -0.15) is 0 Å². The van der Waals surface area contributed by atoms with Crippen molar-refractivity contribution in [1.82, 2.24) is 0 Å². The topological polar surface area (TPSA) is 0 Å². The summed E-state index contributed by atoms with van der Waals surface area (Å²) in [4.78, 5) is 0. The Morgan fingerprint density at radius 1 is 1.25 bits per heavy atom. The fraction of sp³-hybridized carbons (Fsp3) is 1.00. The molecule has 0 spiro atoms. The van der Waals surface area contributed by atoms with Gasteiger partial charge in [0.15, 0.2) is 0 Å². The van der Waals surface area contributed by atoms with Gasteiger partial charge in [0.05, 0.1) is 0 Å². The Morgan fingerprint density at radius 3 is 1.25 bits per heavy atom. The Kier molecular flexibility index (Phi) is 20.0. The molecular weight excluding hydrogens is 89.1 g/mol. The molecule has 0 unspecified atom stereocenters. The molecule has 0 heterocycles. The zero-order valence-corrected chi connectivity index (χ0v) is 1.46. The van der Waals surface area contributed by atoms with Gasteiger partial charge in [0.2, 0.25) is 6.93 Å². The van der Waals surface area contributed by atoms with E-state index in [1.807, 2.05) is 0 Å². The Morgan fingerprint density at radius 2 is 1.25 bits per heavy atom. The van der Waals surface area contributed by atoms with Gasteiger partial charge in [-0.05, 0) is 0 Å². The summed E-state index contributed by atoms with van der Waals surface area (Å²) in [7, 11) is 0. The summed E-state index contributed by atoms with van der Waals surface area (Å²) in [6, 6.07) is 0. The average Bonchev–Trinajstić information content (AvgIpc) is 0.918. The van der Waals surface area contributed by atoms with E-state index in [1.54, 1.807) is 0 Å². The summed E-state index contributed by atoms with van der Waals surface area (Å²) in [6.45, 7) is -1.75. The van der Waals surface area contributed by atoms with Crippen molar-refractivity contribution in [2.24, 2.45) is 0 Å². The molecule has 0 amide bonds. The first-order chi connectivity index (χ1) is 1.41. The standard InChI is InChI=1S/CH2F2.K.H/c2-1-3;;/h1H2;;. The first kappa shape index (κ1) is 9.09. The SMILES string of the molecule is FCF.[KH]. The molecule has 3 heteroatoms. The normalized spacial score (nSPS) is 4.50. The van der Waals surface area contributed by atoms with Gasteiger partial charge < -0.3 is 0 Å². The van der Waals surface area contributed by atoms with Crippen LogP contribution < -0.4 is 0 Å².